The molecular weight excluding hydrogens is 306 g/mol. The Kier molecular flexibility index (Phi) is 3.65. The van der Waals surface area contributed by atoms with Crippen molar-refractivity contribution < 1.29 is 13.7 Å². The number of carbonyl (C=O) groups is 1. The minimum absolute atomic E-state index is 0.0576. The Labute approximate surface area is 139 Å². The van der Waals surface area contributed by atoms with E-state index in [2.05, 4.69) is 10.4 Å². The van der Waals surface area contributed by atoms with Crippen LogP contribution in [0.25, 0.3) is 11.3 Å². The number of aromatic nitrogens is 2. The molecule has 1 amide bonds. The molecule has 1 atom stereocenters. The second-order valence-corrected chi connectivity index (χ2v) is 6.02. The molecule has 24 heavy (non-hydrogen) atoms. The lowest BCUT2D eigenvalue weighted by atomic mass is 10.0. The average molecular weight is 323 g/mol. The Hall–Kier alpha value is -2.89. The van der Waals surface area contributed by atoms with Crippen molar-refractivity contribution in [1.82, 2.24) is 15.3 Å². The van der Waals surface area contributed by atoms with Crippen LogP contribution in [0.2, 0.25) is 0 Å². The number of likely N-dealkylation sites (tertiary alicyclic amines) is 1. The molecule has 6 heteroatoms. The zero-order valence-corrected chi connectivity index (χ0v) is 13.3. The molecule has 0 bridgehead atoms. The van der Waals surface area contributed by atoms with E-state index in [-0.39, 0.29) is 11.9 Å². The van der Waals surface area contributed by atoms with E-state index >= 15 is 0 Å². The van der Waals surface area contributed by atoms with Gasteiger partial charge in [-0.2, -0.15) is 0 Å². The van der Waals surface area contributed by atoms with Crippen molar-refractivity contribution in [3.8, 4) is 11.3 Å². The summed E-state index contributed by atoms with van der Waals surface area (Å²) in [6.07, 6.45) is 4.73. The lowest BCUT2D eigenvalue weighted by Crippen LogP contribution is -2.30. The van der Waals surface area contributed by atoms with Crippen molar-refractivity contribution in [2.24, 2.45) is 0 Å². The fourth-order valence-electron chi connectivity index (χ4n) is 3.24. The van der Waals surface area contributed by atoms with Crippen molar-refractivity contribution >= 4 is 5.91 Å². The molecule has 122 valence electrons. The van der Waals surface area contributed by atoms with Crippen LogP contribution in [0.4, 0.5) is 0 Å². The van der Waals surface area contributed by atoms with Crippen LogP contribution < -0.4 is 0 Å². The number of hydrogen-bond donors (Lipinski definition) is 0. The first-order chi connectivity index (χ1) is 11.7. The number of nitrogens with zero attached hydrogens (tertiary/aromatic N) is 3. The molecule has 1 aliphatic rings. The molecule has 1 unspecified atom stereocenters. The summed E-state index contributed by atoms with van der Waals surface area (Å²) in [5.74, 6) is 0.591. The molecule has 3 aromatic rings. The number of aryl methyl sites for hydroxylation is 1. The summed E-state index contributed by atoms with van der Waals surface area (Å²) in [4.78, 5) is 14.5. The van der Waals surface area contributed by atoms with E-state index in [4.69, 9.17) is 8.94 Å². The molecule has 0 radical (unpaired) electrons. The molecule has 1 aromatic carbocycles. The van der Waals surface area contributed by atoms with Gasteiger partial charge in [0.05, 0.1) is 17.9 Å². The smallest absolute Gasteiger partial charge is 0.257 e. The summed E-state index contributed by atoms with van der Waals surface area (Å²) in [6.45, 7) is 2.71. The quantitative estimate of drug-likeness (QED) is 0.736. The molecule has 0 N–H and O–H groups in total. The molecule has 1 aliphatic heterocycles. The van der Waals surface area contributed by atoms with Gasteiger partial charge in [-0.05, 0) is 31.9 Å². The minimum atomic E-state index is -0.155. The van der Waals surface area contributed by atoms with Crippen LogP contribution in [0.3, 0.4) is 0 Å². The predicted octanol–water partition coefficient (Wildman–Crippen LogP) is 3.62. The van der Waals surface area contributed by atoms with Crippen molar-refractivity contribution in [1.29, 1.82) is 0 Å². The molecule has 0 aliphatic carbocycles. The van der Waals surface area contributed by atoms with E-state index in [1.807, 2.05) is 36.1 Å². The number of benzene rings is 1. The average Bonchev–Trinajstić information content (AvgIpc) is 3.33. The molecule has 0 spiro atoms. The second kappa shape index (κ2) is 5.96. The van der Waals surface area contributed by atoms with Crippen LogP contribution in [-0.4, -0.2) is 27.7 Å². The predicted molar refractivity (Wildman–Crippen MR) is 86.2 cm³/mol. The number of amides is 1. The maximum atomic E-state index is 12.7. The summed E-state index contributed by atoms with van der Waals surface area (Å²) in [7, 11) is 0. The first-order valence-electron chi connectivity index (χ1n) is 7.96. The highest BCUT2D eigenvalue weighted by Crippen LogP contribution is 2.37. The number of carbonyl (C=O) groups excluding carboxylic acids is 1. The maximum absolute atomic E-state index is 12.7. The molecule has 6 nitrogen and oxygen atoms in total. The van der Waals surface area contributed by atoms with Crippen molar-refractivity contribution in [2.45, 2.75) is 25.8 Å². The minimum Gasteiger partial charge on any atom is -0.472 e. The zero-order valence-electron chi connectivity index (χ0n) is 13.3. The van der Waals surface area contributed by atoms with E-state index in [1.54, 1.807) is 6.07 Å². The van der Waals surface area contributed by atoms with Crippen LogP contribution in [0.15, 0.2) is 51.8 Å². The third kappa shape index (κ3) is 2.50. The molecular formula is C18H17N3O3. The van der Waals surface area contributed by atoms with E-state index in [9.17, 15) is 4.79 Å². The summed E-state index contributed by atoms with van der Waals surface area (Å²) in [5, 5.41) is 7.90. The van der Waals surface area contributed by atoms with Crippen LogP contribution >= 0.6 is 0 Å². The molecule has 1 saturated heterocycles. The molecule has 2 aromatic heterocycles. The van der Waals surface area contributed by atoms with E-state index in [0.717, 1.165) is 24.0 Å². The summed E-state index contributed by atoms with van der Waals surface area (Å²) in [6, 6.07) is 9.55. The normalized spacial score (nSPS) is 17.4. The highest BCUT2D eigenvalue weighted by Gasteiger charge is 2.36. The second-order valence-electron chi connectivity index (χ2n) is 6.02. The first-order valence-corrected chi connectivity index (χ1v) is 7.96. The molecule has 4 rings (SSSR count). The van der Waals surface area contributed by atoms with Crippen LogP contribution in [0, 0.1) is 6.92 Å². The van der Waals surface area contributed by atoms with Gasteiger partial charge in [0.1, 0.15) is 12.0 Å². The van der Waals surface area contributed by atoms with Crippen LogP contribution in [-0.2, 0) is 0 Å². The third-order valence-electron chi connectivity index (χ3n) is 4.39. The number of rotatable bonds is 3. The van der Waals surface area contributed by atoms with Crippen molar-refractivity contribution in [3.63, 3.8) is 0 Å². The standard InChI is InChI=1S/C18H17N3O3/c1-12-4-2-5-13(10-12)16-17(24-20-19-16)15-6-3-8-21(15)18(22)14-7-9-23-11-14/h2,4-5,7,9-11,15H,3,6,8H2,1H3. The molecule has 1 fully saturated rings. The summed E-state index contributed by atoms with van der Waals surface area (Å²) in [5.41, 5.74) is 3.34. The first kappa shape index (κ1) is 14.7. The molecule has 0 saturated carbocycles. The fraction of sp³-hybridized carbons (Fsp3) is 0.278. The number of furan rings is 1. The monoisotopic (exact) mass is 323 g/mol. The maximum Gasteiger partial charge on any atom is 0.257 e. The molecule has 3 heterocycles. The van der Waals surface area contributed by atoms with Gasteiger partial charge in [0, 0.05) is 17.4 Å². The van der Waals surface area contributed by atoms with Crippen LogP contribution in [0.1, 0.15) is 40.6 Å². The highest BCUT2D eigenvalue weighted by atomic mass is 16.5. The largest absolute Gasteiger partial charge is 0.472 e. The van der Waals surface area contributed by atoms with Gasteiger partial charge in [0.2, 0.25) is 0 Å². The summed E-state index contributed by atoms with van der Waals surface area (Å²) < 4.78 is 10.5. The van der Waals surface area contributed by atoms with Gasteiger partial charge >= 0.3 is 0 Å². The van der Waals surface area contributed by atoms with Crippen molar-refractivity contribution in [3.05, 3.63) is 59.7 Å². The van der Waals surface area contributed by atoms with Gasteiger partial charge in [0.15, 0.2) is 5.76 Å². The van der Waals surface area contributed by atoms with Crippen LogP contribution in [0.5, 0.6) is 0 Å². The third-order valence-corrected chi connectivity index (χ3v) is 4.39. The van der Waals surface area contributed by atoms with Gasteiger partial charge in [0.25, 0.3) is 5.91 Å². The SMILES string of the molecule is Cc1cccc(-c2nnoc2C2CCCN2C(=O)c2ccoc2)c1. The van der Waals surface area contributed by atoms with Gasteiger partial charge < -0.3 is 13.8 Å². The Morgan fingerprint density at radius 1 is 1.33 bits per heavy atom. The van der Waals surface area contributed by atoms with E-state index < -0.39 is 0 Å². The summed E-state index contributed by atoms with van der Waals surface area (Å²) >= 11 is 0. The van der Waals surface area contributed by atoms with Crippen molar-refractivity contribution in [2.75, 3.05) is 6.54 Å². The Morgan fingerprint density at radius 3 is 3.04 bits per heavy atom. The van der Waals surface area contributed by atoms with Gasteiger partial charge in [-0.25, -0.2) is 0 Å². The highest BCUT2D eigenvalue weighted by molar-refractivity contribution is 5.94. The zero-order chi connectivity index (χ0) is 16.5. The van der Waals surface area contributed by atoms with Gasteiger partial charge in [-0.1, -0.05) is 23.8 Å². The lowest BCUT2D eigenvalue weighted by molar-refractivity contribution is 0.0714. The van der Waals surface area contributed by atoms with E-state index in [1.165, 1.54) is 12.5 Å². The van der Waals surface area contributed by atoms with Gasteiger partial charge in [-0.3, -0.25) is 4.79 Å². The topological polar surface area (TPSA) is 72.4 Å². The Morgan fingerprint density at radius 2 is 2.25 bits per heavy atom. The fourth-order valence-corrected chi connectivity index (χ4v) is 3.24. The lowest BCUT2D eigenvalue weighted by Gasteiger charge is -2.22. The van der Waals surface area contributed by atoms with E-state index in [0.29, 0.717) is 23.6 Å². The van der Waals surface area contributed by atoms with Gasteiger partial charge in [-0.15, -0.1) is 5.10 Å². The Balaban J connectivity index is 1.69. The Bertz CT molecular complexity index is 854. The number of hydrogen-bond acceptors (Lipinski definition) is 5.